The molecule has 4 heteroatoms. The van der Waals surface area contributed by atoms with Gasteiger partial charge in [0, 0.05) is 32.2 Å². The van der Waals surface area contributed by atoms with Gasteiger partial charge in [0.25, 0.3) is 0 Å². The van der Waals surface area contributed by atoms with Crippen molar-refractivity contribution >= 4 is 11.0 Å². The maximum atomic E-state index is 10.2. The third-order valence-electron chi connectivity index (χ3n) is 3.15. The van der Waals surface area contributed by atoms with Crippen LogP contribution in [0.1, 0.15) is 18.3 Å². The van der Waals surface area contributed by atoms with Crippen molar-refractivity contribution in [2.45, 2.75) is 12.5 Å². The fraction of sp³-hybridized carbons (Fsp3) is 0.467. The topological polar surface area (TPSA) is 45.8 Å². The summed E-state index contributed by atoms with van der Waals surface area (Å²) in [5.74, 6) is 0.625. The van der Waals surface area contributed by atoms with E-state index >= 15 is 0 Å². The van der Waals surface area contributed by atoms with Gasteiger partial charge in [-0.15, -0.1) is 0 Å². The van der Waals surface area contributed by atoms with E-state index < -0.39 is 6.10 Å². The van der Waals surface area contributed by atoms with Gasteiger partial charge >= 0.3 is 0 Å². The van der Waals surface area contributed by atoms with Crippen molar-refractivity contribution in [2.24, 2.45) is 0 Å². The highest BCUT2D eigenvalue weighted by atomic mass is 16.5. The van der Waals surface area contributed by atoms with E-state index in [2.05, 4.69) is 4.90 Å². The SMILES string of the molecule is COCCCN(C)CC(O)c1cc2ccccc2o1. The molecule has 0 amide bonds. The van der Waals surface area contributed by atoms with Gasteiger partial charge in [0.1, 0.15) is 17.4 Å². The van der Waals surface area contributed by atoms with E-state index in [1.54, 1.807) is 7.11 Å². The molecule has 104 valence electrons. The van der Waals surface area contributed by atoms with E-state index in [9.17, 15) is 5.11 Å². The van der Waals surface area contributed by atoms with Gasteiger partial charge in [0.2, 0.25) is 0 Å². The number of fused-ring (bicyclic) bond motifs is 1. The number of aliphatic hydroxyl groups is 1. The Morgan fingerprint density at radius 2 is 2.16 bits per heavy atom. The smallest absolute Gasteiger partial charge is 0.135 e. The summed E-state index contributed by atoms with van der Waals surface area (Å²) in [6.07, 6.45) is 0.361. The molecule has 19 heavy (non-hydrogen) atoms. The Bertz CT molecular complexity index is 476. The minimum Gasteiger partial charge on any atom is -0.458 e. The number of para-hydroxylation sites is 1. The van der Waals surface area contributed by atoms with Crippen molar-refractivity contribution in [2.75, 3.05) is 33.9 Å². The van der Waals surface area contributed by atoms with Gasteiger partial charge in [-0.05, 0) is 25.6 Å². The molecule has 0 aliphatic carbocycles. The summed E-state index contributed by atoms with van der Waals surface area (Å²) in [7, 11) is 3.69. The molecule has 0 aliphatic rings. The molecule has 0 saturated carbocycles. The van der Waals surface area contributed by atoms with Gasteiger partial charge < -0.3 is 19.2 Å². The second-order valence-corrected chi connectivity index (χ2v) is 4.81. The standard InChI is InChI=1S/C15H21NO3/c1-16(8-5-9-18-2)11-13(17)15-10-12-6-3-4-7-14(12)19-15/h3-4,6-7,10,13,17H,5,8-9,11H2,1-2H3. The first-order valence-electron chi connectivity index (χ1n) is 6.54. The van der Waals surface area contributed by atoms with Crippen molar-refractivity contribution in [1.82, 2.24) is 4.90 Å². The lowest BCUT2D eigenvalue weighted by molar-refractivity contribution is 0.101. The molecule has 1 unspecified atom stereocenters. The maximum Gasteiger partial charge on any atom is 0.135 e. The average molecular weight is 263 g/mol. The van der Waals surface area contributed by atoms with Crippen LogP contribution in [0.15, 0.2) is 34.7 Å². The quantitative estimate of drug-likeness (QED) is 0.779. The molecule has 0 fully saturated rings. The molecule has 1 aromatic heterocycles. The van der Waals surface area contributed by atoms with Gasteiger partial charge in [-0.25, -0.2) is 0 Å². The molecular formula is C15H21NO3. The van der Waals surface area contributed by atoms with E-state index in [0.717, 1.165) is 30.5 Å². The van der Waals surface area contributed by atoms with E-state index in [1.165, 1.54) is 0 Å². The zero-order valence-electron chi connectivity index (χ0n) is 11.5. The first-order chi connectivity index (χ1) is 9.20. The van der Waals surface area contributed by atoms with Crippen molar-refractivity contribution in [3.63, 3.8) is 0 Å². The lowest BCUT2D eigenvalue weighted by Gasteiger charge is -2.18. The van der Waals surface area contributed by atoms with Crippen LogP contribution in [0.2, 0.25) is 0 Å². The molecule has 0 radical (unpaired) electrons. The number of ether oxygens (including phenoxy) is 1. The van der Waals surface area contributed by atoms with Gasteiger partial charge in [-0.2, -0.15) is 0 Å². The summed E-state index contributed by atoms with van der Waals surface area (Å²) in [6.45, 7) is 2.19. The highest BCUT2D eigenvalue weighted by molar-refractivity contribution is 5.77. The Morgan fingerprint density at radius 3 is 2.89 bits per heavy atom. The van der Waals surface area contributed by atoms with E-state index in [4.69, 9.17) is 9.15 Å². The Balaban J connectivity index is 1.93. The Hall–Kier alpha value is -1.36. The molecule has 0 spiro atoms. The lowest BCUT2D eigenvalue weighted by Crippen LogP contribution is -2.26. The Morgan fingerprint density at radius 1 is 1.37 bits per heavy atom. The summed E-state index contributed by atoms with van der Waals surface area (Å²) in [5, 5.41) is 11.2. The molecule has 2 aromatic rings. The number of likely N-dealkylation sites (N-methyl/N-ethyl adjacent to an activating group) is 1. The average Bonchev–Trinajstić information content (AvgIpc) is 2.83. The van der Waals surface area contributed by atoms with Crippen molar-refractivity contribution in [3.05, 3.63) is 36.1 Å². The maximum absolute atomic E-state index is 10.2. The zero-order chi connectivity index (χ0) is 13.7. The Kier molecular flexibility index (Phi) is 4.96. The number of benzene rings is 1. The predicted octanol–water partition coefficient (Wildman–Crippen LogP) is 2.43. The Labute approximate surface area is 113 Å². The van der Waals surface area contributed by atoms with Crippen LogP contribution < -0.4 is 0 Å². The summed E-state index contributed by atoms with van der Waals surface area (Å²) in [5.41, 5.74) is 0.818. The predicted molar refractivity (Wildman–Crippen MR) is 75.2 cm³/mol. The van der Waals surface area contributed by atoms with Gasteiger partial charge in [0.05, 0.1) is 0 Å². The fourth-order valence-corrected chi connectivity index (χ4v) is 2.12. The van der Waals surface area contributed by atoms with Crippen molar-refractivity contribution in [3.8, 4) is 0 Å². The van der Waals surface area contributed by atoms with Gasteiger partial charge in [-0.3, -0.25) is 0 Å². The van der Waals surface area contributed by atoms with Crippen molar-refractivity contribution in [1.29, 1.82) is 0 Å². The molecule has 1 aromatic carbocycles. The number of hydrogen-bond donors (Lipinski definition) is 1. The van der Waals surface area contributed by atoms with E-state index in [-0.39, 0.29) is 0 Å². The van der Waals surface area contributed by atoms with Crippen LogP contribution in [-0.4, -0.2) is 43.9 Å². The van der Waals surface area contributed by atoms with Gasteiger partial charge in [-0.1, -0.05) is 18.2 Å². The minimum absolute atomic E-state index is 0.559. The summed E-state index contributed by atoms with van der Waals surface area (Å²) in [6, 6.07) is 9.69. The number of hydrogen-bond acceptors (Lipinski definition) is 4. The third kappa shape index (κ3) is 3.80. The molecule has 1 N–H and O–H groups in total. The van der Waals surface area contributed by atoms with Crippen LogP contribution >= 0.6 is 0 Å². The molecule has 4 nitrogen and oxygen atoms in total. The van der Waals surface area contributed by atoms with Crippen LogP contribution in [0, 0.1) is 0 Å². The van der Waals surface area contributed by atoms with Gasteiger partial charge in [0.15, 0.2) is 0 Å². The second kappa shape index (κ2) is 6.70. The number of furan rings is 1. The van der Waals surface area contributed by atoms with Crippen LogP contribution in [0.4, 0.5) is 0 Å². The number of aliphatic hydroxyl groups excluding tert-OH is 1. The van der Waals surface area contributed by atoms with Crippen LogP contribution in [0.3, 0.4) is 0 Å². The van der Waals surface area contributed by atoms with E-state index in [1.807, 2.05) is 37.4 Å². The molecule has 0 saturated heterocycles. The van der Waals surface area contributed by atoms with E-state index in [0.29, 0.717) is 12.3 Å². The molecule has 0 aliphatic heterocycles. The summed E-state index contributed by atoms with van der Waals surface area (Å²) < 4.78 is 10.7. The summed E-state index contributed by atoms with van der Waals surface area (Å²) in [4.78, 5) is 2.08. The van der Waals surface area contributed by atoms with Crippen LogP contribution in [-0.2, 0) is 4.74 Å². The van der Waals surface area contributed by atoms with Crippen LogP contribution in [0.5, 0.6) is 0 Å². The number of nitrogens with zero attached hydrogens (tertiary/aromatic N) is 1. The van der Waals surface area contributed by atoms with Crippen molar-refractivity contribution < 1.29 is 14.3 Å². The third-order valence-corrected chi connectivity index (χ3v) is 3.15. The molecule has 1 heterocycles. The molecule has 1 atom stereocenters. The fourth-order valence-electron chi connectivity index (χ4n) is 2.12. The highest BCUT2D eigenvalue weighted by Crippen LogP contribution is 2.24. The normalized spacial score (nSPS) is 13.3. The molecular weight excluding hydrogens is 242 g/mol. The summed E-state index contributed by atoms with van der Waals surface area (Å²) >= 11 is 0. The monoisotopic (exact) mass is 263 g/mol. The van der Waals surface area contributed by atoms with Crippen LogP contribution in [0.25, 0.3) is 11.0 Å². The zero-order valence-corrected chi connectivity index (χ0v) is 11.5. The first-order valence-corrected chi connectivity index (χ1v) is 6.54. The molecule has 0 bridgehead atoms. The largest absolute Gasteiger partial charge is 0.458 e. The second-order valence-electron chi connectivity index (χ2n) is 4.81. The number of methoxy groups -OCH3 is 1. The number of rotatable bonds is 7. The highest BCUT2D eigenvalue weighted by Gasteiger charge is 2.15. The molecule has 2 rings (SSSR count). The lowest BCUT2D eigenvalue weighted by atomic mass is 10.2. The first kappa shape index (κ1) is 14.1. The minimum atomic E-state index is -0.597.